The third kappa shape index (κ3) is 4.09. The molecule has 0 bridgehead atoms. The molecule has 5 heteroatoms. The largest absolute Gasteiger partial charge is 0.341 e. The number of benzene rings is 1. The highest BCUT2D eigenvalue weighted by molar-refractivity contribution is 5.88. The van der Waals surface area contributed by atoms with Crippen molar-refractivity contribution >= 4 is 11.8 Å². The first kappa shape index (κ1) is 18.9. The second-order valence-electron chi connectivity index (χ2n) is 8.10. The van der Waals surface area contributed by atoms with Crippen LogP contribution < -0.4 is 5.32 Å². The van der Waals surface area contributed by atoms with E-state index < -0.39 is 0 Å². The van der Waals surface area contributed by atoms with Gasteiger partial charge in [-0.25, -0.2) is 0 Å². The third-order valence-corrected chi connectivity index (χ3v) is 5.53. The van der Waals surface area contributed by atoms with Crippen LogP contribution >= 0.6 is 0 Å². The van der Waals surface area contributed by atoms with Gasteiger partial charge in [0.05, 0.1) is 0 Å². The smallest absolute Gasteiger partial charge is 0.245 e. The van der Waals surface area contributed by atoms with Crippen molar-refractivity contribution in [2.45, 2.75) is 45.7 Å². The van der Waals surface area contributed by atoms with E-state index in [-0.39, 0.29) is 17.9 Å². The molecule has 1 aromatic rings. The Hall–Kier alpha value is -1.88. The summed E-state index contributed by atoms with van der Waals surface area (Å²) in [6, 6.07) is 7.84. The Morgan fingerprint density at radius 2 is 1.96 bits per heavy atom. The highest BCUT2D eigenvalue weighted by Crippen LogP contribution is 2.27. The number of amides is 2. The number of carbonyl (C=O) groups is 2. The number of likely N-dealkylation sites (tertiary alicyclic amines) is 1. The lowest BCUT2D eigenvalue weighted by atomic mass is 9.92. The highest BCUT2D eigenvalue weighted by Gasteiger charge is 2.38. The van der Waals surface area contributed by atoms with Crippen molar-refractivity contribution in [3.05, 3.63) is 35.4 Å². The summed E-state index contributed by atoms with van der Waals surface area (Å²) in [7, 11) is 1.95. The summed E-state index contributed by atoms with van der Waals surface area (Å²) in [6.45, 7) is 7.18. The number of hydrogen-bond acceptors (Lipinski definition) is 3. The van der Waals surface area contributed by atoms with Gasteiger partial charge in [-0.1, -0.05) is 38.1 Å². The third-order valence-electron chi connectivity index (χ3n) is 5.53. The molecule has 0 spiro atoms. The maximum Gasteiger partial charge on any atom is 0.245 e. The summed E-state index contributed by atoms with van der Waals surface area (Å²) in [4.78, 5) is 29.9. The molecule has 1 N–H and O–H groups in total. The topological polar surface area (TPSA) is 52.7 Å². The Morgan fingerprint density at radius 3 is 2.65 bits per heavy atom. The number of hydrogen-bond donors (Lipinski definition) is 1. The number of carbonyl (C=O) groups excluding carboxylic acids is 2. The van der Waals surface area contributed by atoms with Crippen LogP contribution in [0.15, 0.2) is 24.3 Å². The second kappa shape index (κ2) is 8.21. The molecule has 0 radical (unpaired) electrons. The van der Waals surface area contributed by atoms with Crippen LogP contribution in [0.1, 0.15) is 37.8 Å². The standard InChI is InChI=1S/C21H31N3O2/c1-15(2)10-20(25)24-14-18-7-5-4-6-17(18)11-19(24)21(26)23-9-8-16(13-23)12-22-3/h4-7,15-16,19,22H,8-14H2,1-3H3. The van der Waals surface area contributed by atoms with Gasteiger partial charge in [0.1, 0.15) is 6.04 Å². The van der Waals surface area contributed by atoms with Crippen molar-refractivity contribution in [3.8, 4) is 0 Å². The van der Waals surface area contributed by atoms with Crippen molar-refractivity contribution in [3.63, 3.8) is 0 Å². The lowest BCUT2D eigenvalue weighted by molar-refractivity contribution is -0.147. The monoisotopic (exact) mass is 357 g/mol. The predicted molar refractivity (Wildman–Crippen MR) is 103 cm³/mol. The molecular weight excluding hydrogens is 326 g/mol. The van der Waals surface area contributed by atoms with E-state index in [1.807, 2.05) is 29.0 Å². The van der Waals surface area contributed by atoms with Crippen LogP contribution in [0.25, 0.3) is 0 Å². The molecule has 1 aromatic carbocycles. The van der Waals surface area contributed by atoms with Crippen LogP contribution in [0.2, 0.25) is 0 Å². The van der Waals surface area contributed by atoms with Crippen molar-refractivity contribution < 1.29 is 9.59 Å². The summed E-state index contributed by atoms with van der Waals surface area (Å²) in [5, 5.41) is 3.21. The van der Waals surface area contributed by atoms with Crippen LogP contribution in [-0.4, -0.2) is 54.3 Å². The molecule has 1 saturated heterocycles. The quantitative estimate of drug-likeness (QED) is 0.878. The van der Waals surface area contributed by atoms with Gasteiger partial charge in [-0.2, -0.15) is 0 Å². The second-order valence-corrected chi connectivity index (χ2v) is 8.10. The van der Waals surface area contributed by atoms with Crippen molar-refractivity contribution in [2.24, 2.45) is 11.8 Å². The molecule has 2 aliphatic heterocycles. The SMILES string of the molecule is CNCC1CCN(C(=O)C2Cc3ccccc3CN2C(=O)CC(C)C)C1. The fourth-order valence-corrected chi connectivity index (χ4v) is 4.17. The molecule has 142 valence electrons. The van der Waals surface area contributed by atoms with Gasteiger partial charge in [-0.3, -0.25) is 9.59 Å². The lowest BCUT2D eigenvalue weighted by Gasteiger charge is -2.38. The summed E-state index contributed by atoms with van der Waals surface area (Å²) in [5.74, 6) is 1.02. The average molecular weight is 357 g/mol. The van der Waals surface area contributed by atoms with Gasteiger partial charge in [0.2, 0.25) is 11.8 Å². The molecule has 0 aromatic heterocycles. The van der Waals surface area contributed by atoms with Crippen LogP contribution in [0.4, 0.5) is 0 Å². The lowest BCUT2D eigenvalue weighted by Crippen LogP contribution is -2.53. The minimum absolute atomic E-state index is 0.0961. The molecule has 0 saturated carbocycles. The van der Waals surface area contributed by atoms with Gasteiger partial charge in [0.15, 0.2) is 0 Å². The first-order valence-corrected chi connectivity index (χ1v) is 9.79. The Bertz CT molecular complexity index is 658. The Labute approximate surface area is 156 Å². The van der Waals surface area contributed by atoms with Gasteiger partial charge >= 0.3 is 0 Å². The number of nitrogens with one attached hydrogen (secondary N) is 1. The van der Waals surface area contributed by atoms with Gasteiger partial charge in [0, 0.05) is 32.5 Å². The molecule has 1 fully saturated rings. The summed E-state index contributed by atoms with van der Waals surface area (Å²) >= 11 is 0. The first-order chi connectivity index (χ1) is 12.5. The number of fused-ring (bicyclic) bond motifs is 1. The molecule has 2 atom stereocenters. The van der Waals surface area contributed by atoms with E-state index in [4.69, 9.17) is 0 Å². The highest BCUT2D eigenvalue weighted by atomic mass is 16.2. The fraction of sp³-hybridized carbons (Fsp3) is 0.619. The minimum atomic E-state index is -0.357. The summed E-state index contributed by atoms with van der Waals surface area (Å²) in [6.07, 6.45) is 2.16. The van der Waals surface area contributed by atoms with E-state index in [1.165, 1.54) is 11.1 Å². The van der Waals surface area contributed by atoms with Gasteiger partial charge in [-0.15, -0.1) is 0 Å². The maximum absolute atomic E-state index is 13.3. The van der Waals surface area contributed by atoms with E-state index in [1.54, 1.807) is 0 Å². The number of nitrogens with zero attached hydrogens (tertiary/aromatic N) is 2. The van der Waals surface area contributed by atoms with E-state index in [0.717, 1.165) is 26.1 Å². The van der Waals surface area contributed by atoms with Crippen LogP contribution in [0.3, 0.4) is 0 Å². The van der Waals surface area contributed by atoms with Gasteiger partial charge in [0.25, 0.3) is 0 Å². The molecule has 26 heavy (non-hydrogen) atoms. The van der Waals surface area contributed by atoms with E-state index in [9.17, 15) is 9.59 Å². The van der Waals surface area contributed by atoms with Crippen molar-refractivity contribution in [1.82, 2.24) is 15.1 Å². The average Bonchev–Trinajstić information content (AvgIpc) is 3.08. The van der Waals surface area contributed by atoms with E-state index in [2.05, 4.69) is 31.3 Å². The van der Waals surface area contributed by atoms with Crippen LogP contribution in [-0.2, 0) is 22.6 Å². The number of rotatable bonds is 5. The Morgan fingerprint density at radius 1 is 1.23 bits per heavy atom. The predicted octanol–water partition coefficient (Wildman–Crippen LogP) is 2.05. The molecule has 5 nitrogen and oxygen atoms in total. The fourth-order valence-electron chi connectivity index (χ4n) is 4.17. The molecule has 0 aliphatic carbocycles. The summed E-state index contributed by atoms with van der Waals surface area (Å²) < 4.78 is 0. The molecular formula is C21H31N3O2. The van der Waals surface area contributed by atoms with Crippen LogP contribution in [0.5, 0.6) is 0 Å². The molecule has 2 heterocycles. The van der Waals surface area contributed by atoms with Crippen molar-refractivity contribution in [2.75, 3.05) is 26.7 Å². The summed E-state index contributed by atoms with van der Waals surface area (Å²) in [5.41, 5.74) is 2.37. The zero-order valence-electron chi connectivity index (χ0n) is 16.2. The molecule has 2 aliphatic rings. The maximum atomic E-state index is 13.3. The molecule has 2 unspecified atom stereocenters. The van der Waals surface area contributed by atoms with Crippen LogP contribution in [0, 0.1) is 11.8 Å². The van der Waals surface area contributed by atoms with Crippen molar-refractivity contribution in [1.29, 1.82) is 0 Å². The minimum Gasteiger partial charge on any atom is -0.341 e. The Kier molecular flexibility index (Phi) is 5.97. The zero-order valence-corrected chi connectivity index (χ0v) is 16.2. The van der Waals surface area contributed by atoms with Gasteiger partial charge in [-0.05, 0) is 43.0 Å². The zero-order chi connectivity index (χ0) is 18.7. The molecule has 3 rings (SSSR count). The normalized spacial score (nSPS) is 22.6. The molecule has 2 amide bonds. The van der Waals surface area contributed by atoms with E-state index >= 15 is 0 Å². The Balaban J connectivity index is 1.79. The first-order valence-electron chi connectivity index (χ1n) is 9.79. The van der Waals surface area contributed by atoms with E-state index in [0.29, 0.717) is 31.2 Å². The van der Waals surface area contributed by atoms with Gasteiger partial charge < -0.3 is 15.1 Å².